The monoisotopic (exact) mass is 536 g/mol. The van der Waals surface area contributed by atoms with E-state index in [0.717, 1.165) is 12.8 Å². The van der Waals surface area contributed by atoms with Crippen LogP contribution in [0.3, 0.4) is 0 Å². The van der Waals surface area contributed by atoms with Gasteiger partial charge in [0, 0.05) is 16.4 Å². The third-order valence-electron chi connectivity index (χ3n) is 4.87. The standard InChI is InChI=1S/C18H21F9O4S2/c1-2-3-10-30-13-6-8-14(9-7-13)32(11-4-5-12-32)31-33(28,29)18(26,27)16(21,22)15(19,20)17(23,24)25/h6-9H,2-5,10-12H2,1H3. The molecule has 192 valence electrons. The van der Waals surface area contributed by atoms with Gasteiger partial charge in [-0.3, -0.25) is 0 Å². The largest absolute Gasteiger partial charge is 0.494 e. The Kier molecular flexibility index (Phi) is 7.91. The molecule has 0 bridgehead atoms. The fourth-order valence-corrected chi connectivity index (χ4v) is 8.63. The molecule has 2 rings (SSSR count). The molecule has 1 saturated heterocycles. The van der Waals surface area contributed by atoms with Crippen LogP contribution in [-0.4, -0.2) is 49.8 Å². The van der Waals surface area contributed by atoms with Crippen molar-refractivity contribution in [3.63, 3.8) is 0 Å². The summed E-state index contributed by atoms with van der Waals surface area (Å²) in [6.07, 6.45) is -5.10. The van der Waals surface area contributed by atoms with Gasteiger partial charge in [0.15, 0.2) is 0 Å². The summed E-state index contributed by atoms with van der Waals surface area (Å²) in [7, 11) is -10.2. The van der Waals surface area contributed by atoms with Crippen molar-refractivity contribution in [2.24, 2.45) is 0 Å². The summed E-state index contributed by atoms with van der Waals surface area (Å²) in [6.45, 7) is 2.27. The van der Waals surface area contributed by atoms with Gasteiger partial charge in [0.1, 0.15) is 5.75 Å². The highest BCUT2D eigenvalue weighted by atomic mass is 32.3. The van der Waals surface area contributed by atoms with E-state index < -0.39 is 43.7 Å². The lowest BCUT2D eigenvalue weighted by Crippen LogP contribution is -2.63. The van der Waals surface area contributed by atoms with E-state index in [-0.39, 0.29) is 29.2 Å². The van der Waals surface area contributed by atoms with Crippen LogP contribution >= 0.6 is 10.3 Å². The summed E-state index contributed by atoms with van der Waals surface area (Å²) < 4.78 is 153. The average molecular weight is 536 g/mol. The molecule has 15 heteroatoms. The number of rotatable bonds is 10. The predicted molar refractivity (Wildman–Crippen MR) is 103 cm³/mol. The smallest absolute Gasteiger partial charge is 0.460 e. The summed E-state index contributed by atoms with van der Waals surface area (Å²) in [5.41, 5.74) is 0. The summed E-state index contributed by atoms with van der Waals surface area (Å²) in [6, 6.07) is 5.24. The zero-order valence-electron chi connectivity index (χ0n) is 17.1. The Bertz CT molecular complexity index is 910. The van der Waals surface area contributed by atoms with Crippen LogP contribution in [0.1, 0.15) is 32.6 Å². The molecule has 33 heavy (non-hydrogen) atoms. The molecule has 0 aromatic heterocycles. The van der Waals surface area contributed by atoms with Crippen LogP contribution in [0.2, 0.25) is 0 Å². The van der Waals surface area contributed by atoms with Crippen LogP contribution in [-0.2, 0) is 13.7 Å². The van der Waals surface area contributed by atoms with E-state index in [9.17, 15) is 47.9 Å². The van der Waals surface area contributed by atoms with Gasteiger partial charge in [0.25, 0.3) is 0 Å². The Morgan fingerprint density at radius 2 is 1.39 bits per heavy atom. The molecule has 0 N–H and O–H groups in total. The number of ether oxygens (including phenoxy) is 1. The first-order valence-corrected chi connectivity index (χ1v) is 12.9. The molecule has 0 aliphatic carbocycles. The number of unbranched alkanes of at least 4 members (excludes halogenated alkanes) is 1. The van der Waals surface area contributed by atoms with Crippen LogP contribution in [0.15, 0.2) is 29.2 Å². The molecule has 1 heterocycles. The van der Waals surface area contributed by atoms with Gasteiger partial charge < -0.3 is 4.74 Å². The minimum absolute atomic E-state index is 0.0214. The van der Waals surface area contributed by atoms with Gasteiger partial charge in [-0.05, 0) is 43.5 Å². The molecule has 4 nitrogen and oxygen atoms in total. The minimum atomic E-state index is -7.34. The molecule has 1 aliphatic rings. The van der Waals surface area contributed by atoms with Gasteiger partial charge in [-0.25, -0.2) is 3.63 Å². The second-order valence-electron chi connectivity index (χ2n) is 7.29. The Hall–Kier alpha value is -1.35. The maximum atomic E-state index is 14.1. The lowest BCUT2D eigenvalue weighted by Gasteiger charge is -2.38. The molecule has 0 unspecified atom stereocenters. The first-order chi connectivity index (χ1) is 15.0. The molecule has 1 aromatic rings. The van der Waals surface area contributed by atoms with Crippen molar-refractivity contribution in [1.29, 1.82) is 0 Å². The first-order valence-electron chi connectivity index (χ1n) is 9.62. The van der Waals surface area contributed by atoms with Crippen LogP contribution in [0, 0.1) is 0 Å². The summed E-state index contributed by atoms with van der Waals surface area (Å²) in [4.78, 5) is 0.0214. The fraction of sp³-hybridized carbons (Fsp3) is 0.667. The van der Waals surface area contributed by atoms with Crippen LogP contribution in [0.4, 0.5) is 39.5 Å². The van der Waals surface area contributed by atoms with Gasteiger partial charge >= 0.3 is 33.4 Å². The van der Waals surface area contributed by atoms with Gasteiger partial charge in [-0.1, -0.05) is 23.7 Å². The fourth-order valence-electron chi connectivity index (χ4n) is 2.97. The topological polar surface area (TPSA) is 52.6 Å². The third-order valence-corrected chi connectivity index (χ3v) is 10.5. The van der Waals surface area contributed by atoms with Crippen molar-refractivity contribution in [2.75, 3.05) is 18.1 Å². The Labute approximate surface area is 186 Å². The molecule has 0 spiro atoms. The van der Waals surface area contributed by atoms with E-state index in [2.05, 4.69) is 3.63 Å². The molecular weight excluding hydrogens is 515 g/mol. The Balaban J connectivity index is 2.40. The number of hydrogen-bond donors (Lipinski definition) is 0. The van der Waals surface area contributed by atoms with Crippen LogP contribution < -0.4 is 4.74 Å². The summed E-state index contributed by atoms with van der Waals surface area (Å²) in [5, 5.41) is -6.87. The van der Waals surface area contributed by atoms with Crippen molar-refractivity contribution in [2.45, 2.75) is 60.8 Å². The zero-order chi connectivity index (χ0) is 25.3. The maximum Gasteiger partial charge on any atom is 0.460 e. The van der Waals surface area contributed by atoms with Crippen molar-refractivity contribution >= 4 is 20.4 Å². The second kappa shape index (κ2) is 9.36. The molecule has 0 saturated carbocycles. The van der Waals surface area contributed by atoms with E-state index in [1.54, 1.807) is 0 Å². The molecule has 0 radical (unpaired) electrons. The van der Waals surface area contributed by atoms with Crippen LogP contribution in [0.5, 0.6) is 5.75 Å². The number of hydrogen-bond acceptors (Lipinski definition) is 4. The van der Waals surface area contributed by atoms with Crippen molar-refractivity contribution in [1.82, 2.24) is 0 Å². The van der Waals surface area contributed by atoms with Gasteiger partial charge in [0.05, 0.1) is 6.61 Å². The summed E-state index contributed by atoms with van der Waals surface area (Å²) in [5.74, 6) is -14.7. The number of benzene rings is 1. The molecule has 0 atom stereocenters. The number of alkyl halides is 9. The maximum absolute atomic E-state index is 14.1. The third kappa shape index (κ3) is 5.04. The van der Waals surface area contributed by atoms with E-state index in [4.69, 9.17) is 4.74 Å². The highest BCUT2D eigenvalue weighted by Crippen LogP contribution is 2.65. The lowest BCUT2D eigenvalue weighted by atomic mass is 10.1. The Morgan fingerprint density at radius 1 is 0.879 bits per heavy atom. The molecule has 0 amide bonds. The second-order valence-corrected chi connectivity index (χ2v) is 12.2. The Morgan fingerprint density at radius 3 is 1.85 bits per heavy atom. The zero-order valence-corrected chi connectivity index (χ0v) is 18.7. The van der Waals surface area contributed by atoms with E-state index in [1.807, 2.05) is 6.92 Å². The summed E-state index contributed by atoms with van der Waals surface area (Å²) >= 11 is 0. The first kappa shape index (κ1) is 27.9. The van der Waals surface area contributed by atoms with Crippen molar-refractivity contribution in [3.8, 4) is 5.75 Å². The van der Waals surface area contributed by atoms with Crippen molar-refractivity contribution in [3.05, 3.63) is 24.3 Å². The highest BCUT2D eigenvalue weighted by Gasteiger charge is 2.86. The van der Waals surface area contributed by atoms with Gasteiger partial charge in [0.2, 0.25) is 0 Å². The molecular formula is C18H21F9O4S2. The van der Waals surface area contributed by atoms with E-state index >= 15 is 0 Å². The highest BCUT2D eigenvalue weighted by molar-refractivity contribution is 8.33. The quantitative estimate of drug-likeness (QED) is 0.253. The molecule has 1 aliphatic heterocycles. The van der Waals surface area contributed by atoms with Gasteiger partial charge in [-0.2, -0.15) is 47.9 Å². The SMILES string of the molecule is CCCCOc1ccc(S2(OS(=O)(=O)C(F)(F)C(F)(F)C(F)(F)C(F)(F)F)CCCC2)cc1. The minimum Gasteiger partial charge on any atom is -0.494 e. The van der Waals surface area contributed by atoms with Crippen molar-refractivity contribution < 1.29 is 56.3 Å². The normalized spacial score (nSPS) is 18.8. The molecule has 1 aromatic carbocycles. The van der Waals surface area contributed by atoms with Gasteiger partial charge in [-0.15, -0.1) is 0 Å². The van der Waals surface area contributed by atoms with Crippen LogP contribution in [0.25, 0.3) is 0 Å². The van der Waals surface area contributed by atoms with E-state index in [1.165, 1.54) is 24.3 Å². The number of halogens is 9. The average Bonchev–Trinajstić information content (AvgIpc) is 3.16. The molecule has 1 fully saturated rings. The predicted octanol–water partition coefficient (Wildman–Crippen LogP) is 6.51. The van der Waals surface area contributed by atoms with E-state index in [0.29, 0.717) is 12.4 Å². The lowest BCUT2D eigenvalue weighted by molar-refractivity contribution is -0.382.